The summed E-state index contributed by atoms with van der Waals surface area (Å²) in [4.78, 5) is 15.6. The lowest BCUT2D eigenvalue weighted by molar-refractivity contribution is 0.0393. The number of ether oxygens (including phenoxy) is 1. The van der Waals surface area contributed by atoms with Gasteiger partial charge in [-0.25, -0.2) is 8.42 Å². The lowest BCUT2D eigenvalue weighted by Crippen LogP contribution is -2.49. The molecule has 2 heterocycles. The Labute approximate surface area is 124 Å². The van der Waals surface area contributed by atoms with Crippen molar-refractivity contribution < 1.29 is 17.9 Å². The van der Waals surface area contributed by atoms with Crippen LogP contribution in [0.2, 0.25) is 0 Å². The molecule has 7 nitrogen and oxygen atoms in total. The van der Waals surface area contributed by atoms with E-state index in [4.69, 9.17) is 4.74 Å². The molecule has 1 fully saturated rings. The Morgan fingerprint density at radius 3 is 3.05 bits per heavy atom. The second-order valence-electron chi connectivity index (χ2n) is 4.85. The van der Waals surface area contributed by atoms with Gasteiger partial charge in [0.15, 0.2) is 0 Å². The summed E-state index contributed by atoms with van der Waals surface area (Å²) in [6.45, 7) is 3.05. The zero-order valence-corrected chi connectivity index (χ0v) is 12.7. The van der Waals surface area contributed by atoms with E-state index in [1.54, 1.807) is 18.3 Å². The van der Waals surface area contributed by atoms with Crippen LogP contribution >= 0.6 is 0 Å². The third kappa shape index (κ3) is 4.23. The van der Waals surface area contributed by atoms with Gasteiger partial charge in [-0.1, -0.05) is 0 Å². The van der Waals surface area contributed by atoms with Gasteiger partial charge in [0, 0.05) is 31.5 Å². The fourth-order valence-corrected chi connectivity index (χ4v) is 3.69. The van der Waals surface area contributed by atoms with Gasteiger partial charge in [0.2, 0.25) is 10.0 Å². The zero-order valence-electron chi connectivity index (χ0n) is 11.9. The molecule has 1 amide bonds. The number of nitrogens with zero attached hydrogens (tertiary/aromatic N) is 2. The van der Waals surface area contributed by atoms with Crippen molar-refractivity contribution in [3.63, 3.8) is 0 Å². The molecule has 1 N–H and O–H groups in total. The normalized spacial score (nSPS) is 20.1. The number of carbonyl (C=O) groups excluding carboxylic acids is 1. The molecule has 2 rings (SSSR count). The molecule has 1 unspecified atom stereocenters. The first-order valence-corrected chi connectivity index (χ1v) is 8.37. The highest BCUT2D eigenvalue weighted by Gasteiger charge is 2.29. The van der Waals surface area contributed by atoms with Gasteiger partial charge in [-0.15, -0.1) is 0 Å². The number of hydrogen-bond acceptors (Lipinski definition) is 5. The molecule has 116 valence electrons. The topological polar surface area (TPSA) is 88.6 Å². The lowest BCUT2D eigenvalue weighted by atomic mass is 10.3. The Hall–Kier alpha value is -1.51. The summed E-state index contributed by atoms with van der Waals surface area (Å²) in [5, 5.41) is 2.59. The number of morpholine rings is 1. The molecule has 0 radical (unpaired) electrons. The van der Waals surface area contributed by atoms with Crippen LogP contribution in [0.5, 0.6) is 0 Å². The minimum Gasteiger partial charge on any atom is -0.378 e. The van der Waals surface area contributed by atoms with E-state index in [1.807, 2.05) is 6.92 Å². The minimum absolute atomic E-state index is 0.0696. The zero-order chi connectivity index (χ0) is 15.3. The fraction of sp³-hybridized carbons (Fsp3) is 0.538. The summed E-state index contributed by atoms with van der Waals surface area (Å²) < 4.78 is 31.1. The van der Waals surface area contributed by atoms with Gasteiger partial charge >= 0.3 is 0 Å². The third-order valence-corrected chi connectivity index (χ3v) is 5.21. The van der Waals surface area contributed by atoms with Crippen LogP contribution < -0.4 is 5.32 Å². The summed E-state index contributed by atoms with van der Waals surface area (Å²) in [6, 6.07) is 3.11. The maximum atomic E-state index is 12.2. The van der Waals surface area contributed by atoms with Gasteiger partial charge < -0.3 is 10.1 Å². The molecular formula is C13H19N3O4S. The number of nitrogens with one attached hydrogen (secondary N) is 1. The van der Waals surface area contributed by atoms with Gasteiger partial charge in [0.05, 0.1) is 24.5 Å². The van der Waals surface area contributed by atoms with E-state index in [0.717, 1.165) is 0 Å². The predicted octanol–water partition coefficient (Wildman–Crippen LogP) is -0.138. The van der Waals surface area contributed by atoms with E-state index in [9.17, 15) is 13.2 Å². The second kappa shape index (κ2) is 6.97. The summed E-state index contributed by atoms with van der Waals surface area (Å²) in [6.07, 6.45) is 3.01. The van der Waals surface area contributed by atoms with Crippen LogP contribution in [-0.4, -0.2) is 61.7 Å². The van der Waals surface area contributed by atoms with E-state index >= 15 is 0 Å². The molecule has 1 aliphatic rings. The Bertz CT molecular complexity index is 576. The Morgan fingerprint density at radius 1 is 1.57 bits per heavy atom. The predicted molar refractivity (Wildman–Crippen MR) is 77.3 cm³/mol. The highest BCUT2D eigenvalue weighted by Crippen LogP contribution is 2.12. The number of aromatic nitrogens is 1. The van der Waals surface area contributed by atoms with E-state index in [1.165, 1.54) is 10.5 Å². The van der Waals surface area contributed by atoms with Gasteiger partial charge in [0.1, 0.15) is 0 Å². The van der Waals surface area contributed by atoms with E-state index in [2.05, 4.69) is 10.3 Å². The van der Waals surface area contributed by atoms with Crippen LogP contribution in [0.4, 0.5) is 0 Å². The van der Waals surface area contributed by atoms with Crippen molar-refractivity contribution in [1.82, 2.24) is 14.6 Å². The van der Waals surface area contributed by atoms with Gasteiger partial charge in [-0.2, -0.15) is 4.31 Å². The van der Waals surface area contributed by atoms with Crippen molar-refractivity contribution in [3.8, 4) is 0 Å². The molecule has 8 heteroatoms. The van der Waals surface area contributed by atoms with Crippen LogP contribution in [0.3, 0.4) is 0 Å². The Balaban J connectivity index is 1.86. The van der Waals surface area contributed by atoms with Gasteiger partial charge in [0.25, 0.3) is 5.91 Å². The van der Waals surface area contributed by atoms with Crippen LogP contribution in [0.1, 0.15) is 17.3 Å². The molecule has 0 aliphatic carbocycles. The van der Waals surface area contributed by atoms with E-state index in [-0.39, 0.29) is 24.2 Å². The van der Waals surface area contributed by atoms with Crippen LogP contribution in [0.15, 0.2) is 24.5 Å². The molecule has 1 atom stereocenters. The van der Waals surface area contributed by atoms with Crippen LogP contribution in [0.25, 0.3) is 0 Å². The average molecular weight is 313 g/mol. The first-order valence-electron chi connectivity index (χ1n) is 6.76. The number of pyridine rings is 1. The molecule has 1 aromatic heterocycles. The standard InChI is InChI=1S/C13H19N3O4S/c1-11-10-20-7-6-16(11)21(18,19)8-5-15-13(17)12-3-2-4-14-9-12/h2-4,9,11H,5-8,10H2,1H3,(H,15,17). The fourth-order valence-electron chi connectivity index (χ4n) is 2.14. The van der Waals surface area contributed by atoms with E-state index in [0.29, 0.717) is 25.3 Å². The maximum absolute atomic E-state index is 12.2. The molecule has 1 aromatic rings. The maximum Gasteiger partial charge on any atom is 0.252 e. The number of carbonyl (C=O) groups is 1. The number of rotatable bonds is 5. The first-order chi connectivity index (χ1) is 10.0. The lowest BCUT2D eigenvalue weighted by Gasteiger charge is -2.32. The SMILES string of the molecule is CC1COCCN1S(=O)(=O)CCNC(=O)c1cccnc1. The minimum atomic E-state index is -3.39. The summed E-state index contributed by atoms with van der Waals surface area (Å²) >= 11 is 0. The van der Waals surface area contributed by atoms with Crippen molar-refractivity contribution >= 4 is 15.9 Å². The summed E-state index contributed by atoms with van der Waals surface area (Å²) in [5.74, 6) is -0.447. The number of sulfonamides is 1. The molecule has 1 aliphatic heterocycles. The molecule has 0 aromatic carbocycles. The first kappa shape index (κ1) is 15.9. The summed E-state index contributed by atoms with van der Waals surface area (Å²) in [7, 11) is -3.39. The summed E-state index contributed by atoms with van der Waals surface area (Å²) in [5.41, 5.74) is 0.412. The van der Waals surface area contributed by atoms with Crippen molar-refractivity contribution in [2.24, 2.45) is 0 Å². The molecular weight excluding hydrogens is 294 g/mol. The molecule has 0 bridgehead atoms. The molecule has 1 saturated heterocycles. The highest BCUT2D eigenvalue weighted by molar-refractivity contribution is 7.89. The molecule has 21 heavy (non-hydrogen) atoms. The largest absolute Gasteiger partial charge is 0.378 e. The number of amides is 1. The molecule has 0 saturated carbocycles. The second-order valence-corrected chi connectivity index (χ2v) is 6.89. The van der Waals surface area contributed by atoms with Crippen molar-refractivity contribution in [1.29, 1.82) is 0 Å². The van der Waals surface area contributed by atoms with Gasteiger partial charge in [-0.3, -0.25) is 9.78 Å². The highest BCUT2D eigenvalue weighted by atomic mass is 32.2. The quantitative estimate of drug-likeness (QED) is 0.817. The van der Waals surface area contributed by atoms with E-state index < -0.39 is 10.0 Å². The average Bonchev–Trinajstić information content (AvgIpc) is 2.48. The Morgan fingerprint density at radius 2 is 2.38 bits per heavy atom. The third-order valence-electron chi connectivity index (χ3n) is 3.23. The van der Waals surface area contributed by atoms with Crippen molar-refractivity contribution in [3.05, 3.63) is 30.1 Å². The van der Waals surface area contributed by atoms with Crippen molar-refractivity contribution in [2.75, 3.05) is 32.1 Å². The van der Waals surface area contributed by atoms with Crippen LogP contribution in [0, 0.1) is 0 Å². The smallest absolute Gasteiger partial charge is 0.252 e. The monoisotopic (exact) mass is 313 g/mol. The van der Waals surface area contributed by atoms with Crippen molar-refractivity contribution in [2.45, 2.75) is 13.0 Å². The molecule has 0 spiro atoms. The number of hydrogen-bond donors (Lipinski definition) is 1. The van der Waals surface area contributed by atoms with Gasteiger partial charge in [-0.05, 0) is 19.1 Å². The van der Waals surface area contributed by atoms with Crippen LogP contribution in [-0.2, 0) is 14.8 Å². The Kier molecular flexibility index (Phi) is 5.27.